The van der Waals surface area contributed by atoms with Crippen LogP contribution < -0.4 is 0 Å². The molecule has 0 aromatic rings. The van der Waals surface area contributed by atoms with Crippen molar-refractivity contribution in [3.8, 4) is 0 Å². The van der Waals surface area contributed by atoms with E-state index in [1.165, 1.54) is 38.5 Å². The minimum atomic E-state index is -0.0269. The van der Waals surface area contributed by atoms with E-state index >= 15 is 0 Å². The Morgan fingerprint density at radius 1 is 0.467 bits per heavy atom. The lowest BCUT2D eigenvalue weighted by atomic mass is 9.49. The standard InChI is InChI=1S/C26H38N2O2/c29-23(25-11-17-5-18(12-25)7-19(6-17)13-25)27-1-2-28(4-3-27)24(30)26-14-20-8-21(15-26)10-22(9-20)16-26/h17-22H,1-16H2. The quantitative estimate of drug-likeness (QED) is 0.688. The molecule has 1 aliphatic heterocycles. The topological polar surface area (TPSA) is 40.6 Å². The lowest BCUT2D eigenvalue weighted by molar-refractivity contribution is -0.166. The van der Waals surface area contributed by atoms with Crippen LogP contribution in [0.25, 0.3) is 0 Å². The number of amides is 2. The molecule has 4 nitrogen and oxygen atoms in total. The predicted molar refractivity (Wildman–Crippen MR) is 114 cm³/mol. The minimum Gasteiger partial charge on any atom is -0.339 e. The van der Waals surface area contributed by atoms with E-state index in [1.807, 2.05) is 0 Å². The molecule has 8 aliphatic carbocycles. The molecular formula is C26H38N2O2. The molecule has 1 heterocycles. The van der Waals surface area contributed by atoms with Crippen molar-refractivity contribution in [3.05, 3.63) is 0 Å². The van der Waals surface area contributed by atoms with Crippen molar-refractivity contribution >= 4 is 11.8 Å². The first kappa shape index (κ1) is 18.5. The van der Waals surface area contributed by atoms with Crippen LogP contribution in [0.2, 0.25) is 0 Å². The van der Waals surface area contributed by atoms with Crippen LogP contribution in [-0.2, 0) is 9.59 Å². The Morgan fingerprint density at radius 2 is 0.700 bits per heavy atom. The molecule has 8 saturated carbocycles. The van der Waals surface area contributed by atoms with Gasteiger partial charge in [0.15, 0.2) is 0 Å². The van der Waals surface area contributed by atoms with E-state index in [4.69, 9.17) is 0 Å². The zero-order chi connectivity index (χ0) is 20.1. The van der Waals surface area contributed by atoms with Crippen LogP contribution in [0.4, 0.5) is 0 Å². The third kappa shape index (κ3) is 2.64. The predicted octanol–water partition coefficient (Wildman–Crippen LogP) is 4.09. The second-order valence-electron chi connectivity index (χ2n) is 13.0. The number of rotatable bonds is 2. The molecule has 1 saturated heterocycles. The van der Waals surface area contributed by atoms with Crippen molar-refractivity contribution in [2.24, 2.45) is 46.3 Å². The Labute approximate surface area is 181 Å². The molecule has 0 atom stereocenters. The van der Waals surface area contributed by atoms with E-state index < -0.39 is 0 Å². The second kappa shape index (κ2) is 6.25. The Bertz CT molecular complexity index is 630. The molecule has 0 aromatic carbocycles. The first-order chi connectivity index (χ1) is 14.5. The summed E-state index contributed by atoms with van der Waals surface area (Å²) in [6.07, 6.45) is 15.3. The van der Waals surface area contributed by atoms with E-state index in [2.05, 4.69) is 9.80 Å². The van der Waals surface area contributed by atoms with Crippen molar-refractivity contribution < 1.29 is 9.59 Å². The Morgan fingerprint density at radius 3 is 0.933 bits per heavy atom. The van der Waals surface area contributed by atoms with Gasteiger partial charge < -0.3 is 9.80 Å². The summed E-state index contributed by atoms with van der Waals surface area (Å²) in [5, 5.41) is 0. The molecule has 2 amide bonds. The van der Waals surface area contributed by atoms with E-state index in [0.717, 1.165) is 100 Å². The second-order valence-corrected chi connectivity index (χ2v) is 13.0. The van der Waals surface area contributed by atoms with Gasteiger partial charge in [-0.1, -0.05) is 0 Å². The molecule has 4 heteroatoms. The Kier molecular flexibility index (Phi) is 3.86. The molecule has 0 radical (unpaired) electrons. The molecular weight excluding hydrogens is 372 g/mol. The first-order valence-electron chi connectivity index (χ1n) is 13.1. The van der Waals surface area contributed by atoms with Gasteiger partial charge in [0.1, 0.15) is 0 Å². The number of hydrogen-bond donors (Lipinski definition) is 0. The lowest BCUT2D eigenvalue weighted by Gasteiger charge is -2.58. The van der Waals surface area contributed by atoms with Crippen molar-refractivity contribution in [3.63, 3.8) is 0 Å². The fourth-order valence-corrected chi connectivity index (χ4v) is 10.5. The molecule has 164 valence electrons. The maximum atomic E-state index is 13.7. The van der Waals surface area contributed by atoms with Gasteiger partial charge in [-0.3, -0.25) is 9.59 Å². The van der Waals surface area contributed by atoms with Crippen LogP contribution >= 0.6 is 0 Å². The van der Waals surface area contributed by atoms with Crippen molar-refractivity contribution in [2.45, 2.75) is 77.0 Å². The smallest absolute Gasteiger partial charge is 0.228 e. The summed E-state index contributed by atoms with van der Waals surface area (Å²) in [6.45, 7) is 3.11. The van der Waals surface area contributed by atoms with Crippen LogP contribution in [0.15, 0.2) is 0 Å². The first-order valence-corrected chi connectivity index (χ1v) is 13.1. The molecule has 9 rings (SSSR count). The van der Waals surface area contributed by atoms with E-state index in [-0.39, 0.29) is 10.8 Å². The number of carbonyl (C=O) groups excluding carboxylic acids is 2. The average molecular weight is 411 g/mol. The summed E-state index contributed by atoms with van der Waals surface area (Å²) in [5.41, 5.74) is -0.0539. The Hall–Kier alpha value is -1.06. The number of hydrogen-bond acceptors (Lipinski definition) is 2. The Balaban J connectivity index is 1.03. The third-order valence-corrected chi connectivity index (χ3v) is 10.8. The van der Waals surface area contributed by atoms with E-state index in [9.17, 15) is 9.59 Å². The molecule has 0 spiro atoms. The van der Waals surface area contributed by atoms with Gasteiger partial charge in [0.2, 0.25) is 11.8 Å². The van der Waals surface area contributed by atoms with Crippen molar-refractivity contribution in [2.75, 3.05) is 26.2 Å². The number of carbonyl (C=O) groups is 2. The van der Waals surface area contributed by atoms with E-state index in [1.54, 1.807) is 0 Å². The average Bonchev–Trinajstić information content (AvgIpc) is 2.71. The molecule has 0 N–H and O–H groups in total. The fraction of sp³-hybridized carbons (Fsp3) is 0.923. The summed E-state index contributed by atoms with van der Waals surface area (Å²) in [5.74, 6) is 5.84. The summed E-state index contributed by atoms with van der Waals surface area (Å²) < 4.78 is 0. The monoisotopic (exact) mass is 410 g/mol. The van der Waals surface area contributed by atoms with Crippen LogP contribution in [0.3, 0.4) is 0 Å². The van der Waals surface area contributed by atoms with Crippen molar-refractivity contribution in [1.82, 2.24) is 9.80 Å². The van der Waals surface area contributed by atoms with Crippen LogP contribution in [0, 0.1) is 46.3 Å². The molecule has 30 heavy (non-hydrogen) atoms. The molecule has 8 bridgehead atoms. The SMILES string of the molecule is O=C(N1CCN(C(=O)C23CC4CC(CC(C4)C2)C3)CC1)C12CC3CC(CC(C3)C1)C2. The van der Waals surface area contributed by atoms with E-state index in [0.29, 0.717) is 11.8 Å². The molecule has 9 aliphatic rings. The maximum absolute atomic E-state index is 13.7. The van der Waals surface area contributed by atoms with Gasteiger partial charge in [0.05, 0.1) is 10.8 Å². The zero-order valence-electron chi connectivity index (χ0n) is 18.5. The van der Waals surface area contributed by atoms with Gasteiger partial charge in [-0.2, -0.15) is 0 Å². The van der Waals surface area contributed by atoms with Gasteiger partial charge in [-0.15, -0.1) is 0 Å². The highest BCUT2D eigenvalue weighted by Crippen LogP contribution is 2.62. The van der Waals surface area contributed by atoms with Gasteiger partial charge in [0.25, 0.3) is 0 Å². The highest BCUT2D eigenvalue weighted by molar-refractivity contribution is 5.85. The lowest BCUT2D eigenvalue weighted by Crippen LogP contribution is -2.61. The highest BCUT2D eigenvalue weighted by Gasteiger charge is 2.57. The van der Waals surface area contributed by atoms with Gasteiger partial charge >= 0.3 is 0 Å². The highest BCUT2D eigenvalue weighted by atomic mass is 16.2. The van der Waals surface area contributed by atoms with Gasteiger partial charge in [0, 0.05) is 26.2 Å². The minimum absolute atomic E-state index is 0.0269. The summed E-state index contributed by atoms with van der Waals surface area (Å²) in [4.78, 5) is 31.7. The van der Waals surface area contributed by atoms with Crippen LogP contribution in [0.1, 0.15) is 77.0 Å². The third-order valence-electron chi connectivity index (χ3n) is 10.8. The van der Waals surface area contributed by atoms with Crippen molar-refractivity contribution in [1.29, 1.82) is 0 Å². The molecule has 0 unspecified atom stereocenters. The molecule has 9 fully saturated rings. The maximum Gasteiger partial charge on any atom is 0.228 e. The van der Waals surface area contributed by atoms with Gasteiger partial charge in [-0.05, 0) is 113 Å². The van der Waals surface area contributed by atoms with Crippen LogP contribution in [-0.4, -0.2) is 47.8 Å². The number of piperazine rings is 1. The summed E-state index contributed by atoms with van der Waals surface area (Å²) in [6, 6.07) is 0. The van der Waals surface area contributed by atoms with Gasteiger partial charge in [-0.25, -0.2) is 0 Å². The zero-order valence-corrected chi connectivity index (χ0v) is 18.5. The number of nitrogens with zero attached hydrogens (tertiary/aromatic N) is 2. The normalized spacial score (nSPS) is 50.9. The fourth-order valence-electron chi connectivity index (χ4n) is 10.5. The summed E-state index contributed by atoms with van der Waals surface area (Å²) >= 11 is 0. The summed E-state index contributed by atoms with van der Waals surface area (Å²) in [7, 11) is 0. The van der Waals surface area contributed by atoms with Crippen LogP contribution in [0.5, 0.6) is 0 Å². The largest absolute Gasteiger partial charge is 0.339 e. The molecule has 0 aromatic heterocycles.